The molecule has 1 aliphatic rings. The van der Waals surface area contributed by atoms with Gasteiger partial charge in [0.25, 0.3) is 5.56 Å². The van der Waals surface area contributed by atoms with Crippen molar-refractivity contribution >= 4 is 22.7 Å². The average molecular weight is 415 g/mol. The van der Waals surface area contributed by atoms with Crippen molar-refractivity contribution in [1.82, 2.24) is 19.7 Å². The zero-order valence-corrected chi connectivity index (χ0v) is 17.7. The Hall–Kier alpha value is -2.19. The van der Waals surface area contributed by atoms with Gasteiger partial charge in [0.05, 0.1) is 28.8 Å². The van der Waals surface area contributed by atoms with E-state index in [2.05, 4.69) is 17.1 Å². The molecule has 1 aromatic carbocycles. The molecule has 2 unspecified atom stereocenters. The number of para-hydroxylation sites is 1. The van der Waals surface area contributed by atoms with E-state index in [-0.39, 0.29) is 16.9 Å². The number of benzene rings is 1. The maximum absolute atomic E-state index is 13.2. The molecule has 0 amide bonds. The molecule has 3 heterocycles. The van der Waals surface area contributed by atoms with Gasteiger partial charge in [-0.05, 0) is 38.3 Å². The molecule has 0 N–H and O–H groups in total. The third-order valence-electron chi connectivity index (χ3n) is 5.10. The monoisotopic (exact) mass is 414 g/mol. The molecule has 1 aliphatic heterocycles. The van der Waals surface area contributed by atoms with Crippen LogP contribution in [0.1, 0.15) is 56.5 Å². The average Bonchev–Trinajstić information content (AvgIpc) is 3.41. The lowest BCUT2D eigenvalue weighted by molar-refractivity contribution is 0.0937. The summed E-state index contributed by atoms with van der Waals surface area (Å²) in [5, 5.41) is 5.26. The second kappa shape index (κ2) is 9.09. The highest BCUT2D eigenvalue weighted by atomic mass is 32.2. The van der Waals surface area contributed by atoms with Crippen LogP contribution in [0.5, 0.6) is 0 Å². The topological polar surface area (TPSA) is 83.0 Å². The lowest BCUT2D eigenvalue weighted by Gasteiger charge is -2.17. The van der Waals surface area contributed by atoms with E-state index in [0.29, 0.717) is 28.5 Å². The minimum absolute atomic E-state index is 0.0324. The summed E-state index contributed by atoms with van der Waals surface area (Å²) in [6.07, 6.45) is 4.98. The summed E-state index contributed by atoms with van der Waals surface area (Å²) in [5.41, 5.74) is 0.667. The Morgan fingerprint density at radius 2 is 2.17 bits per heavy atom. The number of hydrogen-bond donors (Lipinski definition) is 0. The van der Waals surface area contributed by atoms with Gasteiger partial charge in [0.1, 0.15) is 0 Å². The van der Waals surface area contributed by atoms with Crippen LogP contribution in [0.2, 0.25) is 0 Å². The zero-order chi connectivity index (χ0) is 20.2. The van der Waals surface area contributed by atoms with Crippen molar-refractivity contribution in [2.45, 2.75) is 69.0 Å². The van der Waals surface area contributed by atoms with Gasteiger partial charge in [-0.3, -0.25) is 9.36 Å². The molecule has 154 valence electrons. The summed E-state index contributed by atoms with van der Waals surface area (Å²) < 4.78 is 13.0. The molecule has 29 heavy (non-hydrogen) atoms. The van der Waals surface area contributed by atoms with Gasteiger partial charge in [-0.2, -0.15) is 4.98 Å². The van der Waals surface area contributed by atoms with Crippen LogP contribution in [0.3, 0.4) is 0 Å². The van der Waals surface area contributed by atoms with Crippen LogP contribution in [-0.4, -0.2) is 32.4 Å². The van der Waals surface area contributed by atoms with E-state index in [1.54, 1.807) is 4.57 Å². The van der Waals surface area contributed by atoms with Gasteiger partial charge in [0, 0.05) is 13.0 Å². The molecule has 3 aromatic rings. The summed E-state index contributed by atoms with van der Waals surface area (Å²) >= 11 is 1.47. The number of hydrogen-bond acceptors (Lipinski definition) is 7. The van der Waals surface area contributed by atoms with E-state index in [9.17, 15) is 4.79 Å². The fourth-order valence-corrected chi connectivity index (χ4v) is 4.42. The molecule has 2 aromatic heterocycles. The normalized spacial score (nSPS) is 17.8. The molecule has 1 fully saturated rings. The summed E-state index contributed by atoms with van der Waals surface area (Å²) in [5.74, 6) is 1.30. The summed E-state index contributed by atoms with van der Waals surface area (Å²) in [6.45, 7) is 5.40. The first-order chi connectivity index (χ1) is 14.2. The summed E-state index contributed by atoms with van der Waals surface area (Å²) in [4.78, 5) is 22.5. The number of unbranched alkanes of at least 4 members (excludes halogenated alkanes) is 1. The SMILES string of the molecule is CCCCc1noc(C(C)Sc2nc3ccccc3c(=O)n2CC2CCCO2)n1. The van der Waals surface area contributed by atoms with E-state index in [4.69, 9.17) is 14.2 Å². The van der Waals surface area contributed by atoms with E-state index in [0.717, 1.165) is 44.5 Å². The first-order valence-corrected chi connectivity index (χ1v) is 11.1. The van der Waals surface area contributed by atoms with Gasteiger partial charge >= 0.3 is 0 Å². The fraction of sp³-hybridized carbons (Fsp3) is 0.524. The number of thioether (sulfide) groups is 1. The standard InChI is InChI=1S/C21H26N4O3S/c1-3-4-11-18-23-19(28-24-18)14(2)29-21-22-17-10-6-5-9-16(17)20(26)25(21)13-15-8-7-12-27-15/h5-6,9-10,14-15H,3-4,7-8,11-13H2,1-2H3. The molecule has 2 atom stereocenters. The zero-order valence-electron chi connectivity index (χ0n) is 16.8. The van der Waals surface area contributed by atoms with Gasteiger partial charge in [-0.25, -0.2) is 4.98 Å². The first-order valence-electron chi connectivity index (χ1n) is 10.3. The van der Waals surface area contributed by atoms with Gasteiger partial charge < -0.3 is 9.26 Å². The first kappa shape index (κ1) is 20.1. The van der Waals surface area contributed by atoms with Gasteiger partial charge in [0.15, 0.2) is 11.0 Å². The molecule has 8 heteroatoms. The molecular formula is C21H26N4O3S. The Kier molecular flexibility index (Phi) is 6.30. The molecule has 4 rings (SSSR count). The summed E-state index contributed by atoms with van der Waals surface area (Å²) in [6, 6.07) is 7.46. The van der Waals surface area contributed by atoms with Crippen LogP contribution in [0.25, 0.3) is 10.9 Å². The van der Waals surface area contributed by atoms with Crippen LogP contribution < -0.4 is 5.56 Å². The molecule has 0 radical (unpaired) electrons. The largest absolute Gasteiger partial charge is 0.376 e. The number of aryl methyl sites for hydroxylation is 1. The smallest absolute Gasteiger partial charge is 0.262 e. The van der Waals surface area contributed by atoms with E-state index in [1.807, 2.05) is 31.2 Å². The second-order valence-corrected chi connectivity index (χ2v) is 8.68. The van der Waals surface area contributed by atoms with Crippen LogP contribution in [0.15, 0.2) is 38.7 Å². The van der Waals surface area contributed by atoms with Gasteiger partial charge in [0.2, 0.25) is 5.89 Å². The number of rotatable bonds is 8. The molecule has 0 aliphatic carbocycles. The lowest BCUT2D eigenvalue weighted by Crippen LogP contribution is -2.29. The maximum atomic E-state index is 13.2. The Bertz CT molecular complexity index is 1030. The quantitative estimate of drug-likeness (QED) is 0.404. The van der Waals surface area contributed by atoms with Crippen molar-refractivity contribution in [3.8, 4) is 0 Å². The highest BCUT2D eigenvalue weighted by molar-refractivity contribution is 7.99. The van der Waals surface area contributed by atoms with Crippen LogP contribution in [0.4, 0.5) is 0 Å². The molecule has 0 spiro atoms. The van der Waals surface area contributed by atoms with Gasteiger partial charge in [-0.1, -0.05) is 42.4 Å². The highest BCUT2D eigenvalue weighted by Crippen LogP contribution is 2.33. The Labute approximate surface area is 173 Å². The van der Waals surface area contributed by atoms with Crippen LogP contribution >= 0.6 is 11.8 Å². The minimum Gasteiger partial charge on any atom is -0.376 e. The van der Waals surface area contributed by atoms with Crippen molar-refractivity contribution in [2.75, 3.05) is 6.61 Å². The Balaban J connectivity index is 1.64. The molecular weight excluding hydrogens is 388 g/mol. The molecule has 0 bridgehead atoms. The lowest BCUT2D eigenvalue weighted by atomic mass is 10.2. The van der Waals surface area contributed by atoms with E-state index in [1.165, 1.54) is 11.8 Å². The van der Waals surface area contributed by atoms with Crippen molar-refractivity contribution in [3.63, 3.8) is 0 Å². The number of nitrogens with zero attached hydrogens (tertiary/aromatic N) is 4. The van der Waals surface area contributed by atoms with Crippen LogP contribution in [0, 0.1) is 0 Å². The Morgan fingerprint density at radius 3 is 2.97 bits per heavy atom. The number of aromatic nitrogens is 4. The predicted molar refractivity (Wildman–Crippen MR) is 112 cm³/mol. The molecule has 1 saturated heterocycles. The third kappa shape index (κ3) is 4.53. The maximum Gasteiger partial charge on any atom is 0.262 e. The van der Waals surface area contributed by atoms with E-state index < -0.39 is 0 Å². The third-order valence-corrected chi connectivity index (χ3v) is 6.18. The molecule has 7 nitrogen and oxygen atoms in total. The van der Waals surface area contributed by atoms with Crippen molar-refractivity contribution < 1.29 is 9.26 Å². The summed E-state index contributed by atoms with van der Waals surface area (Å²) in [7, 11) is 0. The van der Waals surface area contributed by atoms with E-state index >= 15 is 0 Å². The van der Waals surface area contributed by atoms with Gasteiger partial charge in [-0.15, -0.1) is 0 Å². The molecule has 0 saturated carbocycles. The predicted octanol–water partition coefficient (Wildman–Crippen LogP) is 4.15. The number of ether oxygens (including phenoxy) is 1. The fourth-order valence-electron chi connectivity index (χ4n) is 3.47. The van der Waals surface area contributed by atoms with Crippen molar-refractivity contribution in [1.29, 1.82) is 0 Å². The Morgan fingerprint density at radius 1 is 1.31 bits per heavy atom. The highest BCUT2D eigenvalue weighted by Gasteiger charge is 2.23. The van der Waals surface area contributed by atoms with Crippen LogP contribution in [-0.2, 0) is 17.7 Å². The van der Waals surface area contributed by atoms with Crippen molar-refractivity contribution in [3.05, 3.63) is 46.3 Å². The minimum atomic E-state index is -0.110. The number of fused-ring (bicyclic) bond motifs is 1. The van der Waals surface area contributed by atoms with Crippen molar-refractivity contribution in [2.24, 2.45) is 0 Å². The second-order valence-electron chi connectivity index (χ2n) is 7.37.